The SMILES string of the molecule is C=NC(=NC(=NCc1ccccc1)c1ccc2oc3ccccc3c2c1)c1cc(-c2ccc(-c3ccccc3)cc2)cc2oc3ccccc3c12. The molecule has 0 saturated heterocycles. The fraction of sp³-hybridized carbons (Fsp3) is 0.0217. The summed E-state index contributed by atoms with van der Waals surface area (Å²) >= 11 is 0. The van der Waals surface area contributed by atoms with Gasteiger partial charge in [-0.2, -0.15) is 0 Å². The van der Waals surface area contributed by atoms with Crippen molar-refractivity contribution in [3.63, 3.8) is 0 Å². The number of amidine groups is 2. The van der Waals surface area contributed by atoms with Gasteiger partial charge in [0, 0.05) is 32.7 Å². The van der Waals surface area contributed by atoms with Crippen molar-refractivity contribution in [2.45, 2.75) is 6.54 Å². The van der Waals surface area contributed by atoms with Gasteiger partial charge in [-0.05, 0) is 77.0 Å². The lowest BCUT2D eigenvalue weighted by molar-refractivity contribution is 0.668. The van der Waals surface area contributed by atoms with E-state index in [0.29, 0.717) is 18.2 Å². The fourth-order valence-corrected chi connectivity index (χ4v) is 6.77. The second-order valence-electron chi connectivity index (χ2n) is 12.5. The fourth-order valence-electron chi connectivity index (χ4n) is 6.77. The average Bonchev–Trinajstić information content (AvgIpc) is 3.77. The molecule has 7 aromatic carbocycles. The Kier molecular flexibility index (Phi) is 7.63. The maximum Gasteiger partial charge on any atom is 0.161 e. The lowest BCUT2D eigenvalue weighted by Gasteiger charge is -2.10. The number of hydrogen-bond acceptors (Lipinski definition) is 3. The molecule has 2 heterocycles. The third-order valence-corrected chi connectivity index (χ3v) is 9.30. The minimum Gasteiger partial charge on any atom is -0.456 e. The number of para-hydroxylation sites is 2. The third kappa shape index (κ3) is 5.71. The van der Waals surface area contributed by atoms with Crippen molar-refractivity contribution >= 4 is 62.3 Å². The van der Waals surface area contributed by atoms with E-state index in [4.69, 9.17) is 18.8 Å². The first kappa shape index (κ1) is 30.2. The Hall–Kier alpha value is -6.85. The van der Waals surface area contributed by atoms with Crippen molar-refractivity contribution in [3.05, 3.63) is 180 Å². The molecule has 0 radical (unpaired) electrons. The Bertz CT molecular complexity index is 2770. The molecule has 242 valence electrons. The first-order valence-electron chi connectivity index (χ1n) is 16.9. The number of rotatable bonds is 6. The van der Waals surface area contributed by atoms with Crippen LogP contribution in [0.15, 0.2) is 188 Å². The van der Waals surface area contributed by atoms with E-state index in [-0.39, 0.29) is 0 Å². The molecular weight excluding hydrogens is 627 g/mol. The van der Waals surface area contributed by atoms with E-state index in [0.717, 1.165) is 77.3 Å². The molecule has 0 aliphatic carbocycles. The summed E-state index contributed by atoms with van der Waals surface area (Å²) in [6.07, 6.45) is 0. The predicted octanol–water partition coefficient (Wildman–Crippen LogP) is 11.9. The van der Waals surface area contributed by atoms with Crippen LogP contribution in [0, 0.1) is 0 Å². The van der Waals surface area contributed by atoms with E-state index >= 15 is 0 Å². The molecule has 0 atom stereocenters. The van der Waals surface area contributed by atoms with Crippen molar-refractivity contribution in [2.75, 3.05) is 0 Å². The summed E-state index contributed by atoms with van der Waals surface area (Å²) in [7, 11) is 0. The smallest absolute Gasteiger partial charge is 0.161 e. The van der Waals surface area contributed by atoms with E-state index in [1.807, 2.05) is 72.8 Å². The van der Waals surface area contributed by atoms with Gasteiger partial charge in [0.15, 0.2) is 11.7 Å². The van der Waals surface area contributed by atoms with Crippen LogP contribution in [-0.4, -0.2) is 18.4 Å². The van der Waals surface area contributed by atoms with Crippen LogP contribution < -0.4 is 0 Å². The predicted molar refractivity (Wildman–Crippen MR) is 211 cm³/mol. The van der Waals surface area contributed by atoms with Crippen LogP contribution in [0.1, 0.15) is 16.7 Å². The van der Waals surface area contributed by atoms with E-state index in [1.165, 1.54) is 5.56 Å². The van der Waals surface area contributed by atoms with Crippen molar-refractivity contribution in [3.8, 4) is 22.3 Å². The Morgan fingerprint density at radius 3 is 1.80 bits per heavy atom. The van der Waals surface area contributed by atoms with E-state index in [1.54, 1.807) is 0 Å². The summed E-state index contributed by atoms with van der Waals surface area (Å²) in [5.41, 5.74) is 10.3. The molecule has 0 amide bonds. The Balaban J connectivity index is 1.22. The second kappa shape index (κ2) is 12.9. The Labute approximate surface area is 294 Å². The maximum absolute atomic E-state index is 6.46. The van der Waals surface area contributed by atoms with Gasteiger partial charge in [-0.3, -0.25) is 4.99 Å². The first-order chi connectivity index (χ1) is 25.2. The molecule has 0 aliphatic heterocycles. The molecule has 0 unspecified atom stereocenters. The number of nitrogens with zero attached hydrogens (tertiary/aromatic N) is 3. The zero-order chi connectivity index (χ0) is 34.1. The summed E-state index contributed by atoms with van der Waals surface area (Å²) in [5, 5.41) is 3.96. The van der Waals surface area contributed by atoms with Gasteiger partial charge in [-0.25, -0.2) is 9.98 Å². The van der Waals surface area contributed by atoms with Crippen molar-refractivity contribution < 1.29 is 8.83 Å². The van der Waals surface area contributed by atoms with Crippen LogP contribution in [0.5, 0.6) is 0 Å². The van der Waals surface area contributed by atoms with E-state index < -0.39 is 0 Å². The highest BCUT2D eigenvalue weighted by Crippen LogP contribution is 2.37. The third-order valence-electron chi connectivity index (χ3n) is 9.30. The topological polar surface area (TPSA) is 63.4 Å². The largest absolute Gasteiger partial charge is 0.456 e. The molecule has 0 N–H and O–H groups in total. The summed E-state index contributed by atoms with van der Waals surface area (Å²) < 4.78 is 12.6. The lowest BCUT2D eigenvalue weighted by Crippen LogP contribution is -2.06. The van der Waals surface area contributed by atoms with Gasteiger partial charge >= 0.3 is 0 Å². The summed E-state index contributed by atoms with van der Waals surface area (Å²) in [6.45, 7) is 4.47. The van der Waals surface area contributed by atoms with Gasteiger partial charge in [0.2, 0.25) is 0 Å². The Morgan fingerprint density at radius 1 is 0.471 bits per heavy atom. The highest BCUT2D eigenvalue weighted by Gasteiger charge is 2.19. The van der Waals surface area contributed by atoms with Crippen molar-refractivity contribution in [2.24, 2.45) is 15.0 Å². The molecule has 0 aliphatic rings. The number of benzene rings is 7. The maximum atomic E-state index is 6.46. The molecule has 0 spiro atoms. The van der Waals surface area contributed by atoms with Crippen LogP contribution in [0.3, 0.4) is 0 Å². The highest BCUT2D eigenvalue weighted by molar-refractivity contribution is 6.23. The van der Waals surface area contributed by atoms with Gasteiger partial charge in [-0.15, -0.1) is 0 Å². The molecule has 9 aromatic rings. The highest BCUT2D eigenvalue weighted by atomic mass is 16.3. The monoisotopic (exact) mass is 657 g/mol. The molecule has 2 aromatic heterocycles. The van der Waals surface area contributed by atoms with Gasteiger partial charge in [0.25, 0.3) is 0 Å². The van der Waals surface area contributed by atoms with Crippen LogP contribution in [-0.2, 0) is 6.54 Å². The standard InChI is InChI=1S/C46H31N3O2/c1-47-46(49-45(48-29-30-12-4-2-5-13-30)34-24-25-42-38(26-34)36-16-8-10-18-40(36)50-42)39-27-35(28-43-44(39)37-17-9-11-19-41(37)51-43)33-22-20-32(21-23-33)31-14-6-3-7-15-31/h2-28H,1,29H2. The molecule has 0 saturated carbocycles. The minimum absolute atomic E-state index is 0.451. The number of aliphatic imine (C=N–C) groups is 3. The quantitative estimate of drug-likeness (QED) is 0.132. The number of furan rings is 2. The Morgan fingerprint density at radius 2 is 1.06 bits per heavy atom. The molecular formula is C46H31N3O2. The first-order valence-corrected chi connectivity index (χ1v) is 16.9. The average molecular weight is 658 g/mol. The van der Waals surface area contributed by atoms with E-state index in [9.17, 15) is 0 Å². The molecule has 5 nitrogen and oxygen atoms in total. The normalized spacial score (nSPS) is 12.3. The lowest BCUT2D eigenvalue weighted by atomic mass is 9.96. The zero-order valence-corrected chi connectivity index (χ0v) is 27.7. The molecule has 0 bridgehead atoms. The number of hydrogen-bond donors (Lipinski definition) is 0. The van der Waals surface area contributed by atoms with E-state index in [2.05, 4.69) is 103 Å². The molecule has 0 fully saturated rings. The van der Waals surface area contributed by atoms with Crippen molar-refractivity contribution in [1.29, 1.82) is 0 Å². The summed E-state index contributed by atoms with van der Waals surface area (Å²) in [5.74, 6) is 1.00. The second-order valence-corrected chi connectivity index (χ2v) is 12.5. The van der Waals surface area contributed by atoms with Crippen molar-refractivity contribution in [1.82, 2.24) is 0 Å². The van der Waals surface area contributed by atoms with Crippen LogP contribution >= 0.6 is 0 Å². The van der Waals surface area contributed by atoms with Crippen LogP contribution in [0.2, 0.25) is 0 Å². The zero-order valence-electron chi connectivity index (χ0n) is 27.7. The number of fused-ring (bicyclic) bond motifs is 6. The van der Waals surface area contributed by atoms with Gasteiger partial charge in [0.1, 0.15) is 22.3 Å². The van der Waals surface area contributed by atoms with Gasteiger partial charge in [0.05, 0.1) is 6.54 Å². The minimum atomic E-state index is 0.451. The molecule has 5 heteroatoms. The molecule has 51 heavy (non-hydrogen) atoms. The van der Waals surface area contributed by atoms with Crippen LogP contribution in [0.25, 0.3) is 66.1 Å². The van der Waals surface area contributed by atoms with Crippen LogP contribution in [0.4, 0.5) is 0 Å². The van der Waals surface area contributed by atoms with Gasteiger partial charge < -0.3 is 8.83 Å². The van der Waals surface area contributed by atoms with Gasteiger partial charge in [-0.1, -0.05) is 121 Å². The summed E-state index contributed by atoms with van der Waals surface area (Å²) in [4.78, 5) is 14.9. The summed E-state index contributed by atoms with van der Waals surface area (Å²) in [6, 6.07) is 55.6. The molecule has 9 rings (SSSR count).